The van der Waals surface area contributed by atoms with Crippen molar-refractivity contribution in [2.75, 3.05) is 18.8 Å². The lowest BCUT2D eigenvalue weighted by atomic mass is 9.99. The van der Waals surface area contributed by atoms with Crippen LogP contribution < -0.4 is 0 Å². The molecule has 3 rings (SSSR count). The Kier molecular flexibility index (Phi) is 4.73. The second-order valence-corrected chi connectivity index (χ2v) is 8.40. The zero-order chi connectivity index (χ0) is 16.4. The van der Waals surface area contributed by atoms with Gasteiger partial charge in [-0.3, -0.25) is 4.79 Å². The van der Waals surface area contributed by atoms with Gasteiger partial charge in [0.1, 0.15) is 6.04 Å². The van der Waals surface area contributed by atoms with Crippen molar-refractivity contribution in [1.82, 2.24) is 9.21 Å². The molecule has 0 bridgehead atoms. The lowest BCUT2D eigenvalue weighted by Crippen LogP contribution is -2.49. The molecule has 0 N–H and O–H groups in total. The van der Waals surface area contributed by atoms with Crippen molar-refractivity contribution in [3.63, 3.8) is 0 Å². The monoisotopic (exact) mass is 336 g/mol. The maximum atomic E-state index is 12.9. The summed E-state index contributed by atoms with van der Waals surface area (Å²) in [6.07, 6.45) is 2.83. The van der Waals surface area contributed by atoms with E-state index in [-0.39, 0.29) is 11.7 Å². The van der Waals surface area contributed by atoms with Crippen LogP contribution in [0.3, 0.4) is 0 Å². The van der Waals surface area contributed by atoms with E-state index in [1.165, 1.54) is 15.4 Å². The Hall–Kier alpha value is -1.40. The van der Waals surface area contributed by atoms with Crippen molar-refractivity contribution in [3.8, 4) is 0 Å². The number of nitrogens with zero attached hydrogens (tertiary/aromatic N) is 2. The van der Waals surface area contributed by atoms with Gasteiger partial charge in [-0.15, -0.1) is 0 Å². The maximum Gasteiger partial charge on any atom is 0.241 e. The number of carbonyl (C=O) groups is 1. The molecule has 1 fully saturated rings. The van der Waals surface area contributed by atoms with Crippen LogP contribution in [0.2, 0.25) is 0 Å². The van der Waals surface area contributed by atoms with Crippen LogP contribution in [0.15, 0.2) is 24.3 Å². The van der Waals surface area contributed by atoms with Crippen LogP contribution >= 0.6 is 0 Å². The van der Waals surface area contributed by atoms with E-state index in [0.717, 1.165) is 12.8 Å². The molecule has 126 valence electrons. The summed E-state index contributed by atoms with van der Waals surface area (Å²) in [6, 6.07) is 7.66. The number of carbonyl (C=O) groups excluding carboxylic acids is 1. The molecule has 0 radical (unpaired) electrons. The fraction of sp³-hybridized carbons (Fsp3) is 0.588. The van der Waals surface area contributed by atoms with E-state index < -0.39 is 16.1 Å². The topological polar surface area (TPSA) is 57.7 Å². The Labute approximate surface area is 138 Å². The molecule has 0 spiro atoms. The third kappa shape index (κ3) is 3.28. The highest BCUT2D eigenvalue weighted by molar-refractivity contribution is 7.89. The van der Waals surface area contributed by atoms with Crippen molar-refractivity contribution < 1.29 is 13.2 Å². The van der Waals surface area contributed by atoms with Gasteiger partial charge in [-0.25, -0.2) is 8.42 Å². The third-order valence-electron chi connectivity index (χ3n) is 4.75. The second-order valence-electron chi connectivity index (χ2n) is 6.36. The molecule has 1 aromatic rings. The largest absolute Gasteiger partial charge is 0.337 e. The van der Waals surface area contributed by atoms with E-state index in [0.29, 0.717) is 32.5 Å². The van der Waals surface area contributed by atoms with Gasteiger partial charge in [0.15, 0.2) is 0 Å². The predicted octanol–water partition coefficient (Wildman–Crippen LogP) is 1.78. The number of hydrogen-bond acceptors (Lipinski definition) is 3. The van der Waals surface area contributed by atoms with Gasteiger partial charge in [-0.2, -0.15) is 4.31 Å². The molecule has 2 aliphatic heterocycles. The van der Waals surface area contributed by atoms with Crippen LogP contribution in [0.1, 0.15) is 37.3 Å². The number of fused-ring (bicyclic) bond motifs is 1. The molecule has 2 aliphatic rings. The number of hydrogen-bond donors (Lipinski definition) is 0. The fourth-order valence-electron chi connectivity index (χ4n) is 3.59. The summed E-state index contributed by atoms with van der Waals surface area (Å²) in [4.78, 5) is 14.7. The molecule has 23 heavy (non-hydrogen) atoms. The standard InChI is InChI=1S/C17H24N2O3S/c1-2-12-23(21,22)19-10-5-8-16(19)17(20)18-11-9-14-6-3-4-7-15(14)13-18/h3-4,6-7,16H,2,5,8-13H2,1H3. The zero-order valence-electron chi connectivity index (χ0n) is 13.6. The molecule has 1 unspecified atom stereocenters. The highest BCUT2D eigenvalue weighted by Gasteiger charge is 2.40. The van der Waals surface area contributed by atoms with Crippen LogP contribution in [0, 0.1) is 0 Å². The fourth-order valence-corrected chi connectivity index (χ4v) is 5.33. The molecule has 1 atom stereocenters. The Balaban J connectivity index is 1.75. The average molecular weight is 336 g/mol. The number of rotatable bonds is 4. The van der Waals surface area contributed by atoms with E-state index in [1.54, 1.807) is 0 Å². The highest BCUT2D eigenvalue weighted by Crippen LogP contribution is 2.26. The Morgan fingerprint density at radius 2 is 1.96 bits per heavy atom. The SMILES string of the molecule is CCCS(=O)(=O)N1CCCC1C(=O)N1CCc2ccccc2C1. The van der Waals surface area contributed by atoms with Gasteiger partial charge in [0, 0.05) is 19.6 Å². The Morgan fingerprint density at radius 3 is 2.70 bits per heavy atom. The molecule has 6 heteroatoms. The van der Waals surface area contributed by atoms with Gasteiger partial charge in [0.05, 0.1) is 5.75 Å². The minimum atomic E-state index is -3.32. The van der Waals surface area contributed by atoms with Gasteiger partial charge >= 0.3 is 0 Å². The predicted molar refractivity (Wildman–Crippen MR) is 89.4 cm³/mol. The first-order valence-corrected chi connectivity index (χ1v) is 9.99. The zero-order valence-corrected chi connectivity index (χ0v) is 14.4. The molecule has 5 nitrogen and oxygen atoms in total. The summed E-state index contributed by atoms with van der Waals surface area (Å²) in [5.74, 6) is 0.0938. The molecule has 0 saturated carbocycles. The first-order chi connectivity index (χ1) is 11.0. The first kappa shape index (κ1) is 16.5. The summed E-state index contributed by atoms with van der Waals surface area (Å²) in [5.41, 5.74) is 2.46. The summed E-state index contributed by atoms with van der Waals surface area (Å²) in [6.45, 7) is 3.59. The van der Waals surface area contributed by atoms with E-state index in [4.69, 9.17) is 0 Å². The van der Waals surface area contributed by atoms with Gasteiger partial charge < -0.3 is 4.90 Å². The van der Waals surface area contributed by atoms with E-state index in [2.05, 4.69) is 12.1 Å². The molecule has 1 saturated heterocycles. The quantitative estimate of drug-likeness (QED) is 0.842. The minimum Gasteiger partial charge on any atom is -0.337 e. The second kappa shape index (κ2) is 6.61. The van der Waals surface area contributed by atoms with Crippen molar-refractivity contribution in [1.29, 1.82) is 0 Å². The Bertz CT molecular complexity index is 687. The van der Waals surface area contributed by atoms with Crippen LogP contribution in [0.4, 0.5) is 0 Å². The maximum absolute atomic E-state index is 12.9. The molecule has 1 amide bonds. The van der Waals surface area contributed by atoms with Gasteiger partial charge in [0.25, 0.3) is 0 Å². The highest BCUT2D eigenvalue weighted by atomic mass is 32.2. The van der Waals surface area contributed by atoms with E-state index in [1.807, 2.05) is 24.0 Å². The van der Waals surface area contributed by atoms with Crippen LogP contribution in [-0.2, 0) is 27.8 Å². The van der Waals surface area contributed by atoms with E-state index >= 15 is 0 Å². The molecule has 0 aliphatic carbocycles. The van der Waals surface area contributed by atoms with Gasteiger partial charge in [0.2, 0.25) is 15.9 Å². The number of sulfonamides is 1. The normalized spacial score (nSPS) is 22.1. The van der Waals surface area contributed by atoms with Crippen LogP contribution in [0.5, 0.6) is 0 Å². The van der Waals surface area contributed by atoms with Crippen LogP contribution in [-0.4, -0.2) is 48.4 Å². The summed E-state index contributed by atoms with van der Waals surface area (Å²) >= 11 is 0. The number of benzene rings is 1. The average Bonchev–Trinajstić information content (AvgIpc) is 3.04. The van der Waals surface area contributed by atoms with Gasteiger partial charge in [-0.05, 0) is 36.8 Å². The van der Waals surface area contributed by atoms with Gasteiger partial charge in [-0.1, -0.05) is 31.2 Å². The molecule has 2 heterocycles. The molecular formula is C17H24N2O3S. The van der Waals surface area contributed by atoms with Crippen molar-refractivity contribution >= 4 is 15.9 Å². The summed E-state index contributed by atoms with van der Waals surface area (Å²) in [5, 5.41) is 0. The smallest absolute Gasteiger partial charge is 0.241 e. The first-order valence-electron chi connectivity index (χ1n) is 8.38. The van der Waals surface area contributed by atoms with Crippen LogP contribution in [0.25, 0.3) is 0 Å². The number of amides is 1. The minimum absolute atomic E-state index is 0.0309. The summed E-state index contributed by atoms with van der Waals surface area (Å²) in [7, 11) is -3.32. The van der Waals surface area contributed by atoms with Crippen molar-refractivity contribution in [3.05, 3.63) is 35.4 Å². The lowest BCUT2D eigenvalue weighted by Gasteiger charge is -2.33. The van der Waals surface area contributed by atoms with Crippen molar-refractivity contribution in [2.45, 2.75) is 45.2 Å². The molecular weight excluding hydrogens is 312 g/mol. The third-order valence-corrected chi connectivity index (χ3v) is 6.83. The van der Waals surface area contributed by atoms with Crippen molar-refractivity contribution in [2.24, 2.45) is 0 Å². The lowest BCUT2D eigenvalue weighted by molar-refractivity contribution is -0.135. The molecule has 1 aromatic carbocycles. The Morgan fingerprint density at radius 1 is 1.22 bits per heavy atom. The van der Waals surface area contributed by atoms with E-state index in [9.17, 15) is 13.2 Å². The summed E-state index contributed by atoms with van der Waals surface area (Å²) < 4.78 is 26.2. The molecule has 0 aromatic heterocycles.